The van der Waals surface area contributed by atoms with Crippen molar-refractivity contribution in [3.63, 3.8) is 0 Å². The van der Waals surface area contributed by atoms with Crippen LogP contribution in [0.4, 0.5) is 5.95 Å². The number of carbonyl (C=O) groups excluding carboxylic acids is 2. The van der Waals surface area contributed by atoms with Crippen LogP contribution in [0.3, 0.4) is 0 Å². The highest BCUT2D eigenvalue weighted by Crippen LogP contribution is 2.34. The number of aryl methyl sites for hydroxylation is 2. The van der Waals surface area contributed by atoms with Crippen molar-refractivity contribution in [1.29, 1.82) is 0 Å². The summed E-state index contributed by atoms with van der Waals surface area (Å²) in [5.74, 6) is 0.0542. The Morgan fingerprint density at radius 3 is 2.81 bits per heavy atom. The number of likely N-dealkylation sites (tertiary alicyclic amines) is 1. The molecule has 3 heterocycles. The van der Waals surface area contributed by atoms with Crippen molar-refractivity contribution in [3.05, 3.63) is 65.0 Å². The number of amides is 2. The van der Waals surface area contributed by atoms with Gasteiger partial charge in [0, 0.05) is 30.5 Å². The van der Waals surface area contributed by atoms with Crippen molar-refractivity contribution >= 4 is 40.4 Å². The number of halogens is 1. The number of pyridine rings is 1. The second-order valence-electron chi connectivity index (χ2n) is 8.20. The SMILES string of the molecule is C=CC(=O)N1CCCCC(n2c(NC(=O)c3ccnc(C)c3)nc3cc(C)cc(Cl)c32)C1. The first kappa shape index (κ1) is 22.0. The van der Waals surface area contributed by atoms with E-state index in [0.717, 1.165) is 36.0 Å². The lowest BCUT2D eigenvalue weighted by Crippen LogP contribution is -2.34. The Balaban J connectivity index is 1.79. The number of carbonyl (C=O) groups is 2. The average molecular weight is 452 g/mol. The van der Waals surface area contributed by atoms with Crippen molar-refractivity contribution in [1.82, 2.24) is 19.4 Å². The zero-order valence-corrected chi connectivity index (χ0v) is 19.0. The predicted molar refractivity (Wildman–Crippen MR) is 126 cm³/mol. The Hall–Kier alpha value is -3.19. The smallest absolute Gasteiger partial charge is 0.258 e. The molecule has 0 aliphatic carbocycles. The molecule has 2 aromatic heterocycles. The molecule has 0 spiro atoms. The summed E-state index contributed by atoms with van der Waals surface area (Å²) >= 11 is 6.66. The molecule has 4 rings (SSSR count). The van der Waals surface area contributed by atoms with Gasteiger partial charge in [0.1, 0.15) is 0 Å². The van der Waals surface area contributed by atoms with Crippen LogP contribution < -0.4 is 5.32 Å². The van der Waals surface area contributed by atoms with Crippen LogP contribution in [-0.2, 0) is 4.79 Å². The van der Waals surface area contributed by atoms with Crippen LogP contribution >= 0.6 is 11.6 Å². The molecule has 32 heavy (non-hydrogen) atoms. The zero-order chi connectivity index (χ0) is 22.8. The largest absolute Gasteiger partial charge is 0.337 e. The number of imidazole rings is 1. The van der Waals surface area contributed by atoms with Crippen LogP contribution in [0, 0.1) is 13.8 Å². The summed E-state index contributed by atoms with van der Waals surface area (Å²) in [7, 11) is 0. The number of rotatable bonds is 4. The quantitative estimate of drug-likeness (QED) is 0.583. The van der Waals surface area contributed by atoms with E-state index in [1.807, 2.05) is 30.5 Å². The van der Waals surface area contributed by atoms with E-state index in [4.69, 9.17) is 16.6 Å². The molecule has 1 saturated heterocycles. The molecule has 1 aliphatic rings. The Morgan fingerprint density at radius 1 is 1.25 bits per heavy atom. The number of hydrogen-bond acceptors (Lipinski definition) is 4. The van der Waals surface area contributed by atoms with Crippen molar-refractivity contribution < 1.29 is 9.59 Å². The molecular formula is C24H26ClN5O2. The second-order valence-corrected chi connectivity index (χ2v) is 8.61. The zero-order valence-electron chi connectivity index (χ0n) is 18.3. The van der Waals surface area contributed by atoms with E-state index in [0.29, 0.717) is 35.1 Å². The molecule has 0 saturated carbocycles. The van der Waals surface area contributed by atoms with Gasteiger partial charge in [-0.2, -0.15) is 0 Å². The van der Waals surface area contributed by atoms with E-state index < -0.39 is 0 Å². The Labute approximate surface area is 192 Å². The minimum atomic E-state index is -0.271. The minimum Gasteiger partial charge on any atom is -0.337 e. The molecule has 2 amide bonds. The van der Waals surface area contributed by atoms with Crippen LogP contribution in [-0.4, -0.2) is 44.3 Å². The molecular weight excluding hydrogens is 426 g/mol. The highest BCUT2D eigenvalue weighted by atomic mass is 35.5. The topological polar surface area (TPSA) is 80.1 Å². The molecule has 166 valence electrons. The van der Waals surface area contributed by atoms with Crippen molar-refractivity contribution in [2.75, 3.05) is 18.4 Å². The number of nitrogens with zero attached hydrogens (tertiary/aromatic N) is 4. The molecule has 1 aromatic carbocycles. The van der Waals surface area contributed by atoms with E-state index in [9.17, 15) is 9.59 Å². The summed E-state index contributed by atoms with van der Waals surface area (Å²) in [6, 6.07) is 7.16. The molecule has 0 radical (unpaired) electrons. The molecule has 7 nitrogen and oxygen atoms in total. The first-order valence-electron chi connectivity index (χ1n) is 10.7. The molecule has 8 heteroatoms. The number of benzene rings is 1. The molecule has 1 unspecified atom stereocenters. The number of aromatic nitrogens is 3. The van der Waals surface area contributed by atoms with Crippen LogP contribution in [0.5, 0.6) is 0 Å². The van der Waals surface area contributed by atoms with Gasteiger partial charge in [0.15, 0.2) is 0 Å². The number of fused-ring (bicyclic) bond motifs is 1. The van der Waals surface area contributed by atoms with E-state index in [-0.39, 0.29) is 17.9 Å². The normalized spacial score (nSPS) is 16.6. The van der Waals surface area contributed by atoms with Crippen molar-refractivity contribution in [2.24, 2.45) is 0 Å². The van der Waals surface area contributed by atoms with Crippen LogP contribution in [0.2, 0.25) is 5.02 Å². The summed E-state index contributed by atoms with van der Waals surface area (Å²) in [5.41, 5.74) is 3.72. The number of hydrogen-bond donors (Lipinski definition) is 1. The first-order valence-corrected chi connectivity index (χ1v) is 11.1. The molecule has 3 aromatic rings. The maximum Gasteiger partial charge on any atom is 0.258 e. The van der Waals surface area contributed by atoms with Crippen LogP contribution in [0.15, 0.2) is 43.1 Å². The maximum absolute atomic E-state index is 13.0. The van der Waals surface area contributed by atoms with Crippen molar-refractivity contribution in [3.8, 4) is 0 Å². The van der Waals surface area contributed by atoms with E-state index in [1.165, 1.54) is 6.08 Å². The lowest BCUT2D eigenvalue weighted by atomic mass is 10.1. The van der Waals surface area contributed by atoms with Gasteiger partial charge in [-0.3, -0.25) is 19.9 Å². The van der Waals surface area contributed by atoms with Crippen molar-refractivity contribution in [2.45, 2.75) is 39.2 Å². The summed E-state index contributed by atoms with van der Waals surface area (Å²) in [4.78, 5) is 36.1. The van der Waals surface area contributed by atoms with E-state index in [2.05, 4.69) is 16.9 Å². The minimum absolute atomic E-state index is 0.0823. The molecule has 1 aliphatic heterocycles. The predicted octanol–water partition coefficient (Wildman–Crippen LogP) is 4.69. The lowest BCUT2D eigenvalue weighted by Gasteiger charge is -2.26. The summed E-state index contributed by atoms with van der Waals surface area (Å²) < 4.78 is 1.98. The van der Waals surface area contributed by atoms with Gasteiger partial charge in [-0.05, 0) is 69.0 Å². The van der Waals surface area contributed by atoms with Gasteiger partial charge in [-0.25, -0.2) is 4.98 Å². The number of nitrogens with one attached hydrogen (secondary N) is 1. The molecule has 1 atom stereocenters. The number of anilines is 1. The molecule has 1 N–H and O–H groups in total. The van der Waals surface area contributed by atoms with Crippen LogP contribution in [0.1, 0.15) is 46.9 Å². The van der Waals surface area contributed by atoms with E-state index >= 15 is 0 Å². The molecule has 0 bridgehead atoms. The summed E-state index contributed by atoms with van der Waals surface area (Å²) in [6.07, 6.45) is 5.66. The van der Waals surface area contributed by atoms with Gasteiger partial charge in [0.05, 0.1) is 22.1 Å². The third-order valence-electron chi connectivity index (χ3n) is 5.77. The third-order valence-corrected chi connectivity index (χ3v) is 6.05. The van der Waals surface area contributed by atoms with Gasteiger partial charge < -0.3 is 9.47 Å². The Kier molecular flexibility index (Phi) is 6.28. The van der Waals surface area contributed by atoms with Crippen LogP contribution in [0.25, 0.3) is 11.0 Å². The summed E-state index contributed by atoms with van der Waals surface area (Å²) in [6.45, 7) is 8.60. The van der Waals surface area contributed by atoms with Gasteiger partial charge in [-0.1, -0.05) is 18.2 Å². The highest BCUT2D eigenvalue weighted by Gasteiger charge is 2.27. The van der Waals surface area contributed by atoms with Gasteiger partial charge in [0.2, 0.25) is 11.9 Å². The maximum atomic E-state index is 13.0. The van der Waals surface area contributed by atoms with E-state index in [1.54, 1.807) is 23.2 Å². The first-order chi connectivity index (χ1) is 15.4. The van der Waals surface area contributed by atoms with Gasteiger partial charge >= 0.3 is 0 Å². The van der Waals surface area contributed by atoms with Gasteiger partial charge in [0.25, 0.3) is 5.91 Å². The Bertz CT molecular complexity index is 1200. The Morgan fingerprint density at radius 2 is 2.06 bits per heavy atom. The standard InChI is InChI=1S/C24H26ClN5O2/c1-4-21(31)29-10-6-5-7-18(14-29)30-22-19(25)11-15(2)12-20(22)27-24(30)28-23(32)17-8-9-26-16(3)13-17/h4,8-9,11-13,18H,1,5-7,10,14H2,2-3H3,(H,27,28,32). The lowest BCUT2D eigenvalue weighted by molar-refractivity contribution is -0.126. The monoisotopic (exact) mass is 451 g/mol. The second kappa shape index (κ2) is 9.12. The fraction of sp³-hybridized carbons (Fsp3) is 0.333. The summed E-state index contributed by atoms with van der Waals surface area (Å²) in [5, 5.41) is 3.54. The fourth-order valence-electron chi connectivity index (χ4n) is 4.28. The average Bonchev–Trinajstić information content (AvgIpc) is 2.94. The molecule has 1 fully saturated rings. The third kappa shape index (κ3) is 4.39. The fourth-order valence-corrected chi connectivity index (χ4v) is 4.64. The highest BCUT2D eigenvalue weighted by molar-refractivity contribution is 6.35. The van der Waals surface area contributed by atoms with Gasteiger partial charge in [-0.15, -0.1) is 0 Å².